The second kappa shape index (κ2) is 6.13. The van der Waals surface area contributed by atoms with Gasteiger partial charge in [0.1, 0.15) is 0 Å². The first-order chi connectivity index (χ1) is 9.47. The summed E-state index contributed by atoms with van der Waals surface area (Å²) in [6, 6.07) is 5.18. The topological polar surface area (TPSA) is 69.6 Å². The summed E-state index contributed by atoms with van der Waals surface area (Å²) in [5.74, 6) is -0.901. The molecule has 0 atom stereocenters. The fourth-order valence-corrected chi connectivity index (χ4v) is 2.14. The minimum Gasteiger partial charge on any atom is -0.481 e. The summed E-state index contributed by atoms with van der Waals surface area (Å²) in [4.78, 5) is 24.5. The van der Waals surface area contributed by atoms with E-state index >= 15 is 0 Å². The standard InChI is InChI=1S/C14H17ClN2O3/c1-9-2-3-10(15)8-12(9)16-14(20)17(11-4-5-11)7-6-13(18)19/h2-3,8,11H,4-7H2,1H3,(H,16,20)(H,18,19). The second-order valence-electron chi connectivity index (χ2n) is 4.96. The van der Waals surface area contributed by atoms with Crippen LogP contribution in [0.5, 0.6) is 0 Å². The van der Waals surface area contributed by atoms with E-state index in [1.165, 1.54) is 0 Å². The van der Waals surface area contributed by atoms with Crippen molar-refractivity contribution in [3.8, 4) is 0 Å². The number of hydrogen-bond acceptors (Lipinski definition) is 2. The van der Waals surface area contributed by atoms with Crippen molar-refractivity contribution in [1.29, 1.82) is 0 Å². The summed E-state index contributed by atoms with van der Waals surface area (Å²) in [6.45, 7) is 2.11. The number of benzene rings is 1. The number of aryl methyl sites for hydroxylation is 1. The zero-order valence-electron chi connectivity index (χ0n) is 11.2. The van der Waals surface area contributed by atoms with Crippen molar-refractivity contribution in [2.75, 3.05) is 11.9 Å². The molecule has 0 heterocycles. The Bertz CT molecular complexity index is 529. The first-order valence-electron chi connectivity index (χ1n) is 6.53. The third-order valence-electron chi connectivity index (χ3n) is 3.26. The van der Waals surface area contributed by atoms with Crippen molar-refractivity contribution in [2.45, 2.75) is 32.2 Å². The number of nitrogens with one attached hydrogen (secondary N) is 1. The summed E-state index contributed by atoms with van der Waals surface area (Å²) >= 11 is 5.91. The van der Waals surface area contributed by atoms with E-state index in [0.717, 1.165) is 18.4 Å². The van der Waals surface area contributed by atoms with Gasteiger partial charge >= 0.3 is 12.0 Å². The number of urea groups is 1. The molecule has 0 saturated heterocycles. The Morgan fingerprint density at radius 3 is 2.75 bits per heavy atom. The van der Waals surface area contributed by atoms with Crippen molar-refractivity contribution in [3.63, 3.8) is 0 Å². The number of aliphatic carboxylic acids is 1. The molecule has 5 nitrogen and oxygen atoms in total. The number of hydrogen-bond donors (Lipinski definition) is 2. The summed E-state index contributed by atoms with van der Waals surface area (Å²) in [7, 11) is 0. The molecule has 20 heavy (non-hydrogen) atoms. The third kappa shape index (κ3) is 3.87. The molecule has 1 fully saturated rings. The van der Waals surface area contributed by atoms with Crippen LogP contribution in [0.2, 0.25) is 5.02 Å². The maximum absolute atomic E-state index is 12.2. The van der Waals surface area contributed by atoms with Gasteiger partial charge in [0.05, 0.1) is 6.42 Å². The molecule has 1 aromatic carbocycles. The van der Waals surface area contributed by atoms with Crippen LogP contribution in [0.25, 0.3) is 0 Å². The molecule has 2 amide bonds. The molecule has 1 aromatic rings. The van der Waals surface area contributed by atoms with Gasteiger partial charge in [0.25, 0.3) is 0 Å². The first kappa shape index (κ1) is 14.7. The number of halogens is 1. The number of rotatable bonds is 5. The number of nitrogens with zero attached hydrogens (tertiary/aromatic N) is 1. The molecule has 0 aliphatic heterocycles. The van der Waals surface area contributed by atoms with Gasteiger partial charge in [-0.3, -0.25) is 4.79 Å². The Hall–Kier alpha value is -1.75. The van der Waals surface area contributed by atoms with Crippen molar-refractivity contribution >= 4 is 29.3 Å². The maximum atomic E-state index is 12.2. The van der Waals surface area contributed by atoms with E-state index in [0.29, 0.717) is 10.7 Å². The van der Waals surface area contributed by atoms with Crippen LogP contribution in [0.15, 0.2) is 18.2 Å². The number of carbonyl (C=O) groups excluding carboxylic acids is 1. The van der Waals surface area contributed by atoms with Crippen LogP contribution in [0, 0.1) is 6.92 Å². The van der Waals surface area contributed by atoms with Crippen molar-refractivity contribution in [2.24, 2.45) is 0 Å². The summed E-state index contributed by atoms with van der Waals surface area (Å²) in [6.07, 6.45) is 1.82. The molecule has 108 valence electrons. The maximum Gasteiger partial charge on any atom is 0.322 e. The quantitative estimate of drug-likeness (QED) is 0.877. The SMILES string of the molecule is Cc1ccc(Cl)cc1NC(=O)N(CCC(=O)O)C1CC1. The van der Waals surface area contributed by atoms with Crippen LogP contribution in [-0.4, -0.2) is 34.6 Å². The number of amides is 2. The van der Waals surface area contributed by atoms with E-state index in [2.05, 4.69) is 5.32 Å². The van der Waals surface area contributed by atoms with Crippen LogP contribution in [0.4, 0.5) is 10.5 Å². The fourth-order valence-electron chi connectivity index (χ4n) is 1.97. The molecule has 1 aliphatic rings. The Labute approximate surface area is 122 Å². The van der Waals surface area contributed by atoms with E-state index in [-0.39, 0.29) is 25.0 Å². The molecular formula is C14H17ClN2O3. The Morgan fingerprint density at radius 2 is 2.15 bits per heavy atom. The van der Waals surface area contributed by atoms with Gasteiger partial charge in [0.2, 0.25) is 0 Å². The lowest BCUT2D eigenvalue weighted by molar-refractivity contribution is -0.137. The Kier molecular flexibility index (Phi) is 4.49. The van der Waals surface area contributed by atoms with Crippen LogP contribution < -0.4 is 5.32 Å². The molecule has 0 aromatic heterocycles. The van der Waals surface area contributed by atoms with E-state index in [4.69, 9.17) is 16.7 Å². The van der Waals surface area contributed by atoms with E-state index in [9.17, 15) is 9.59 Å². The third-order valence-corrected chi connectivity index (χ3v) is 3.49. The molecule has 0 radical (unpaired) electrons. The van der Waals surface area contributed by atoms with Gasteiger partial charge in [0.15, 0.2) is 0 Å². The van der Waals surface area contributed by atoms with E-state index in [1.807, 2.05) is 13.0 Å². The Balaban J connectivity index is 2.04. The van der Waals surface area contributed by atoms with Gasteiger partial charge in [-0.15, -0.1) is 0 Å². The monoisotopic (exact) mass is 296 g/mol. The minimum atomic E-state index is -0.901. The van der Waals surface area contributed by atoms with Gasteiger partial charge in [-0.05, 0) is 37.5 Å². The lowest BCUT2D eigenvalue weighted by Crippen LogP contribution is -2.38. The van der Waals surface area contributed by atoms with Crippen LogP contribution in [0.3, 0.4) is 0 Å². The minimum absolute atomic E-state index is 0.0432. The Morgan fingerprint density at radius 1 is 1.45 bits per heavy atom. The second-order valence-corrected chi connectivity index (χ2v) is 5.39. The van der Waals surface area contributed by atoms with Gasteiger partial charge in [-0.25, -0.2) is 4.79 Å². The van der Waals surface area contributed by atoms with Crippen LogP contribution >= 0.6 is 11.6 Å². The summed E-state index contributed by atoms with van der Waals surface area (Å²) in [5, 5.41) is 12.1. The van der Waals surface area contributed by atoms with Crippen molar-refractivity contribution in [3.05, 3.63) is 28.8 Å². The van der Waals surface area contributed by atoms with E-state index in [1.54, 1.807) is 17.0 Å². The van der Waals surface area contributed by atoms with Gasteiger partial charge in [-0.1, -0.05) is 17.7 Å². The smallest absolute Gasteiger partial charge is 0.322 e. The average molecular weight is 297 g/mol. The van der Waals surface area contributed by atoms with Crippen LogP contribution in [-0.2, 0) is 4.79 Å². The highest BCUT2D eigenvalue weighted by Crippen LogP contribution is 2.28. The highest BCUT2D eigenvalue weighted by Gasteiger charge is 2.32. The lowest BCUT2D eigenvalue weighted by Gasteiger charge is -2.22. The molecule has 6 heteroatoms. The summed E-state index contributed by atoms with van der Waals surface area (Å²) < 4.78 is 0. The lowest BCUT2D eigenvalue weighted by atomic mass is 10.2. The normalized spacial score (nSPS) is 13.9. The predicted octanol–water partition coefficient (Wildman–Crippen LogP) is 3.12. The van der Waals surface area contributed by atoms with Gasteiger partial charge in [0, 0.05) is 23.3 Å². The van der Waals surface area contributed by atoms with Gasteiger partial charge in [-0.2, -0.15) is 0 Å². The van der Waals surface area contributed by atoms with Gasteiger partial charge < -0.3 is 15.3 Å². The highest BCUT2D eigenvalue weighted by atomic mass is 35.5. The number of anilines is 1. The molecular weight excluding hydrogens is 280 g/mol. The molecule has 1 aliphatic carbocycles. The molecule has 0 spiro atoms. The van der Waals surface area contributed by atoms with Crippen molar-refractivity contribution < 1.29 is 14.7 Å². The van der Waals surface area contributed by atoms with E-state index < -0.39 is 5.97 Å². The fraction of sp³-hybridized carbons (Fsp3) is 0.429. The summed E-state index contributed by atoms with van der Waals surface area (Å²) in [5.41, 5.74) is 1.57. The molecule has 2 rings (SSSR count). The average Bonchev–Trinajstić information content (AvgIpc) is 3.18. The largest absolute Gasteiger partial charge is 0.481 e. The molecule has 0 bridgehead atoms. The molecule has 1 saturated carbocycles. The van der Waals surface area contributed by atoms with Crippen molar-refractivity contribution in [1.82, 2.24) is 4.90 Å². The molecule has 2 N–H and O–H groups in total. The number of carboxylic acids is 1. The number of carbonyl (C=O) groups is 2. The molecule has 0 unspecified atom stereocenters. The van der Waals surface area contributed by atoms with Crippen LogP contribution in [0.1, 0.15) is 24.8 Å². The predicted molar refractivity (Wildman–Crippen MR) is 77.2 cm³/mol. The zero-order valence-corrected chi connectivity index (χ0v) is 12.0. The number of carboxylic acid groups (broad SMARTS) is 1. The highest BCUT2D eigenvalue weighted by molar-refractivity contribution is 6.31. The zero-order chi connectivity index (χ0) is 14.7. The first-order valence-corrected chi connectivity index (χ1v) is 6.90.